The van der Waals surface area contributed by atoms with E-state index >= 15 is 0 Å². The Morgan fingerprint density at radius 1 is 1.56 bits per heavy atom. The van der Waals surface area contributed by atoms with Gasteiger partial charge in [0, 0.05) is 35.3 Å². The van der Waals surface area contributed by atoms with Gasteiger partial charge in [0.05, 0.1) is 5.69 Å². The lowest BCUT2D eigenvalue weighted by Gasteiger charge is -2.21. The van der Waals surface area contributed by atoms with Crippen molar-refractivity contribution in [3.63, 3.8) is 0 Å². The largest absolute Gasteiger partial charge is 0.396 e. The Labute approximate surface area is 105 Å². The third-order valence-electron chi connectivity index (χ3n) is 2.59. The molecular weight excluding hydrogens is 238 g/mol. The molecule has 1 aliphatic heterocycles. The topological polar surface area (TPSA) is 50.9 Å². The van der Waals surface area contributed by atoms with Crippen LogP contribution in [0.1, 0.15) is 5.56 Å². The maximum absolute atomic E-state index is 5.96. The summed E-state index contributed by atoms with van der Waals surface area (Å²) in [6.45, 7) is 2.96. The van der Waals surface area contributed by atoms with Crippen LogP contribution < -0.4 is 11.1 Å². The van der Waals surface area contributed by atoms with Gasteiger partial charge in [0.1, 0.15) is 5.82 Å². The van der Waals surface area contributed by atoms with E-state index in [9.17, 15) is 0 Å². The molecule has 0 spiro atoms. The molecular formula is C11H17N3S2. The summed E-state index contributed by atoms with van der Waals surface area (Å²) in [5.74, 6) is 4.60. The third kappa shape index (κ3) is 2.98. The number of anilines is 2. The Balaban J connectivity index is 1.91. The van der Waals surface area contributed by atoms with Crippen LogP contribution in [0, 0.1) is 6.92 Å². The van der Waals surface area contributed by atoms with Crippen molar-refractivity contribution in [3.05, 3.63) is 17.8 Å². The number of hydrogen-bond acceptors (Lipinski definition) is 5. The SMILES string of the molecule is Cc1ccnc(NCC2CSCCS2)c1N. The van der Waals surface area contributed by atoms with Crippen molar-refractivity contribution in [2.75, 3.05) is 34.9 Å². The van der Waals surface area contributed by atoms with E-state index in [4.69, 9.17) is 5.73 Å². The molecule has 0 saturated carbocycles. The first-order chi connectivity index (χ1) is 7.77. The summed E-state index contributed by atoms with van der Waals surface area (Å²) in [5, 5.41) is 4.03. The first-order valence-electron chi connectivity index (χ1n) is 5.41. The smallest absolute Gasteiger partial charge is 0.149 e. The zero-order chi connectivity index (χ0) is 11.4. The summed E-state index contributed by atoms with van der Waals surface area (Å²) in [7, 11) is 0. The first-order valence-corrected chi connectivity index (χ1v) is 7.62. The van der Waals surface area contributed by atoms with Crippen molar-refractivity contribution in [1.82, 2.24) is 4.98 Å². The summed E-state index contributed by atoms with van der Waals surface area (Å²) in [5.41, 5.74) is 7.82. The molecule has 2 rings (SSSR count). The predicted molar refractivity (Wildman–Crippen MR) is 75.4 cm³/mol. The highest BCUT2D eigenvalue weighted by molar-refractivity contribution is 8.06. The first kappa shape index (κ1) is 11.9. The van der Waals surface area contributed by atoms with Crippen LogP contribution in [0.3, 0.4) is 0 Å². The summed E-state index contributed by atoms with van der Waals surface area (Å²) < 4.78 is 0. The number of thioether (sulfide) groups is 2. The number of nitrogens with two attached hydrogens (primary N) is 1. The number of hydrogen-bond donors (Lipinski definition) is 2. The summed E-state index contributed by atoms with van der Waals surface area (Å²) in [4.78, 5) is 4.27. The fraction of sp³-hybridized carbons (Fsp3) is 0.545. The van der Waals surface area contributed by atoms with Crippen molar-refractivity contribution in [3.8, 4) is 0 Å². The van der Waals surface area contributed by atoms with Crippen LogP contribution in [0.2, 0.25) is 0 Å². The Hall–Kier alpha value is -0.550. The Bertz CT molecular complexity index is 351. The molecule has 1 atom stereocenters. The van der Waals surface area contributed by atoms with Gasteiger partial charge < -0.3 is 11.1 Å². The fourth-order valence-electron chi connectivity index (χ4n) is 1.58. The van der Waals surface area contributed by atoms with E-state index in [0.717, 1.165) is 23.6 Å². The van der Waals surface area contributed by atoms with E-state index in [1.54, 1.807) is 6.20 Å². The quantitative estimate of drug-likeness (QED) is 0.867. The number of aromatic nitrogens is 1. The second-order valence-corrected chi connectivity index (χ2v) is 6.40. The highest BCUT2D eigenvalue weighted by atomic mass is 32.2. The van der Waals surface area contributed by atoms with E-state index in [-0.39, 0.29) is 0 Å². The molecule has 3 N–H and O–H groups in total. The Morgan fingerprint density at radius 2 is 2.44 bits per heavy atom. The lowest BCUT2D eigenvalue weighted by Crippen LogP contribution is -2.24. The zero-order valence-electron chi connectivity index (χ0n) is 9.40. The molecule has 1 unspecified atom stereocenters. The van der Waals surface area contributed by atoms with E-state index < -0.39 is 0 Å². The zero-order valence-corrected chi connectivity index (χ0v) is 11.0. The number of pyridine rings is 1. The van der Waals surface area contributed by atoms with Crippen molar-refractivity contribution in [2.45, 2.75) is 12.2 Å². The predicted octanol–water partition coefficient (Wildman–Crippen LogP) is 2.23. The van der Waals surface area contributed by atoms with Crippen LogP contribution in [-0.4, -0.2) is 34.0 Å². The Kier molecular flexibility index (Phi) is 4.23. The summed E-state index contributed by atoms with van der Waals surface area (Å²) in [6, 6.07) is 1.94. The van der Waals surface area contributed by atoms with E-state index in [1.807, 2.05) is 36.5 Å². The molecule has 3 nitrogen and oxygen atoms in total. The molecule has 2 heterocycles. The molecule has 1 aliphatic rings. The van der Waals surface area contributed by atoms with Crippen molar-refractivity contribution >= 4 is 35.0 Å². The monoisotopic (exact) mass is 255 g/mol. The van der Waals surface area contributed by atoms with Gasteiger partial charge in [-0.1, -0.05) is 0 Å². The van der Waals surface area contributed by atoms with Gasteiger partial charge in [0.15, 0.2) is 0 Å². The highest BCUT2D eigenvalue weighted by Crippen LogP contribution is 2.25. The van der Waals surface area contributed by atoms with Crippen LogP contribution in [0.25, 0.3) is 0 Å². The average molecular weight is 255 g/mol. The lowest BCUT2D eigenvalue weighted by molar-refractivity contribution is 0.993. The minimum Gasteiger partial charge on any atom is -0.396 e. The van der Waals surface area contributed by atoms with Gasteiger partial charge in [-0.25, -0.2) is 4.98 Å². The molecule has 1 fully saturated rings. The van der Waals surface area contributed by atoms with Crippen LogP contribution in [-0.2, 0) is 0 Å². The lowest BCUT2D eigenvalue weighted by atomic mass is 10.2. The molecule has 88 valence electrons. The number of rotatable bonds is 3. The standard InChI is InChI=1S/C11H17N3S2/c1-8-2-3-13-11(10(8)12)14-6-9-7-15-4-5-16-9/h2-3,9H,4-7,12H2,1H3,(H,13,14). The molecule has 16 heavy (non-hydrogen) atoms. The highest BCUT2D eigenvalue weighted by Gasteiger charge is 2.14. The summed E-state index contributed by atoms with van der Waals surface area (Å²) in [6.07, 6.45) is 1.80. The molecule has 1 aromatic heterocycles. The summed E-state index contributed by atoms with van der Waals surface area (Å²) >= 11 is 4.07. The molecule has 0 bridgehead atoms. The second-order valence-electron chi connectivity index (χ2n) is 3.84. The number of nitrogens with one attached hydrogen (secondary N) is 1. The molecule has 0 aliphatic carbocycles. The molecule has 0 radical (unpaired) electrons. The van der Waals surface area contributed by atoms with Gasteiger partial charge in [0.25, 0.3) is 0 Å². The normalized spacial score (nSPS) is 20.7. The molecule has 1 saturated heterocycles. The molecule has 0 aromatic carbocycles. The van der Waals surface area contributed by atoms with Crippen LogP contribution in [0.4, 0.5) is 11.5 Å². The molecule has 5 heteroatoms. The fourth-order valence-corrected chi connectivity index (χ4v) is 4.19. The van der Waals surface area contributed by atoms with Gasteiger partial charge in [-0.05, 0) is 18.6 Å². The van der Waals surface area contributed by atoms with E-state index in [2.05, 4.69) is 10.3 Å². The van der Waals surface area contributed by atoms with Gasteiger partial charge in [0.2, 0.25) is 0 Å². The van der Waals surface area contributed by atoms with Gasteiger partial charge >= 0.3 is 0 Å². The van der Waals surface area contributed by atoms with E-state index in [0.29, 0.717) is 5.25 Å². The van der Waals surface area contributed by atoms with Crippen LogP contribution in [0.15, 0.2) is 12.3 Å². The minimum atomic E-state index is 0.681. The maximum Gasteiger partial charge on any atom is 0.149 e. The molecule has 0 amide bonds. The number of aryl methyl sites for hydroxylation is 1. The van der Waals surface area contributed by atoms with Crippen LogP contribution in [0.5, 0.6) is 0 Å². The second kappa shape index (κ2) is 5.68. The van der Waals surface area contributed by atoms with Crippen molar-refractivity contribution in [2.24, 2.45) is 0 Å². The average Bonchev–Trinajstić information content (AvgIpc) is 2.32. The van der Waals surface area contributed by atoms with Gasteiger partial charge in [-0.2, -0.15) is 23.5 Å². The number of nitrogen functional groups attached to an aromatic ring is 1. The van der Waals surface area contributed by atoms with Crippen molar-refractivity contribution in [1.29, 1.82) is 0 Å². The molecule has 1 aromatic rings. The third-order valence-corrected chi connectivity index (χ3v) is 5.44. The maximum atomic E-state index is 5.96. The Morgan fingerprint density at radius 3 is 3.19 bits per heavy atom. The minimum absolute atomic E-state index is 0.681. The number of nitrogens with zero attached hydrogens (tertiary/aromatic N) is 1. The van der Waals surface area contributed by atoms with E-state index in [1.165, 1.54) is 17.3 Å². The van der Waals surface area contributed by atoms with Crippen LogP contribution >= 0.6 is 23.5 Å². The van der Waals surface area contributed by atoms with Crippen molar-refractivity contribution < 1.29 is 0 Å². The van der Waals surface area contributed by atoms with Gasteiger partial charge in [-0.15, -0.1) is 0 Å². The van der Waals surface area contributed by atoms with Gasteiger partial charge in [-0.3, -0.25) is 0 Å².